The van der Waals surface area contributed by atoms with E-state index in [4.69, 9.17) is 11.6 Å². The molecule has 0 aromatic carbocycles. The van der Waals surface area contributed by atoms with Gasteiger partial charge in [-0.15, -0.1) is 11.6 Å². The van der Waals surface area contributed by atoms with Crippen molar-refractivity contribution in [1.29, 1.82) is 0 Å². The molecule has 1 heterocycles. The SMILES string of the molecule is O=C(CCCCl)c1ccsc1. The molecule has 0 saturated carbocycles. The van der Waals surface area contributed by atoms with Gasteiger partial charge in [-0.05, 0) is 17.9 Å². The number of carbonyl (C=O) groups is 1. The molecule has 0 aliphatic carbocycles. The van der Waals surface area contributed by atoms with E-state index in [0.29, 0.717) is 12.3 Å². The minimum atomic E-state index is 0.201. The average Bonchev–Trinajstić information content (AvgIpc) is 2.52. The maximum absolute atomic E-state index is 11.2. The van der Waals surface area contributed by atoms with E-state index < -0.39 is 0 Å². The minimum absolute atomic E-state index is 0.201. The zero-order chi connectivity index (χ0) is 8.10. The molecule has 0 atom stereocenters. The van der Waals surface area contributed by atoms with Crippen LogP contribution in [0.15, 0.2) is 16.8 Å². The van der Waals surface area contributed by atoms with Gasteiger partial charge in [0, 0.05) is 23.2 Å². The molecular formula is C8H9ClOS. The number of carbonyl (C=O) groups excluding carboxylic acids is 1. The quantitative estimate of drug-likeness (QED) is 0.525. The van der Waals surface area contributed by atoms with Crippen molar-refractivity contribution >= 4 is 28.7 Å². The highest BCUT2D eigenvalue weighted by Gasteiger charge is 2.03. The Morgan fingerprint density at radius 3 is 3.00 bits per heavy atom. The van der Waals surface area contributed by atoms with E-state index >= 15 is 0 Å². The lowest BCUT2D eigenvalue weighted by molar-refractivity contribution is 0.0982. The van der Waals surface area contributed by atoms with Crippen molar-refractivity contribution in [3.63, 3.8) is 0 Å². The predicted molar refractivity (Wildman–Crippen MR) is 48.6 cm³/mol. The largest absolute Gasteiger partial charge is 0.294 e. The van der Waals surface area contributed by atoms with E-state index in [1.807, 2.05) is 16.8 Å². The van der Waals surface area contributed by atoms with E-state index in [2.05, 4.69) is 0 Å². The van der Waals surface area contributed by atoms with E-state index in [-0.39, 0.29) is 5.78 Å². The van der Waals surface area contributed by atoms with Gasteiger partial charge in [0.1, 0.15) is 0 Å². The van der Waals surface area contributed by atoms with Gasteiger partial charge in [0.25, 0.3) is 0 Å². The standard InChI is InChI=1S/C8H9ClOS/c9-4-1-2-8(10)7-3-5-11-6-7/h3,5-6H,1-2,4H2. The molecule has 1 aromatic rings. The molecule has 0 amide bonds. The summed E-state index contributed by atoms with van der Waals surface area (Å²) in [5, 5.41) is 3.78. The van der Waals surface area contributed by atoms with Crippen molar-refractivity contribution in [1.82, 2.24) is 0 Å². The molecule has 60 valence electrons. The highest BCUT2D eigenvalue weighted by Crippen LogP contribution is 2.09. The Morgan fingerprint density at radius 2 is 2.45 bits per heavy atom. The number of Topliss-reactive ketones (excluding diaryl/α,β-unsaturated/α-hetero) is 1. The van der Waals surface area contributed by atoms with Crippen molar-refractivity contribution in [3.8, 4) is 0 Å². The molecule has 0 unspecified atom stereocenters. The third kappa shape index (κ3) is 2.64. The second-order valence-corrected chi connectivity index (χ2v) is 3.39. The van der Waals surface area contributed by atoms with Gasteiger partial charge in [-0.2, -0.15) is 11.3 Å². The zero-order valence-electron chi connectivity index (χ0n) is 6.05. The van der Waals surface area contributed by atoms with E-state index in [1.165, 1.54) is 0 Å². The summed E-state index contributed by atoms with van der Waals surface area (Å²) in [6.07, 6.45) is 1.34. The Bertz CT molecular complexity index is 218. The van der Waals surface area contributed by atoms with Gasteiger partial charge in [0.2, 0.25) is 0 Å². The van der Waals surface area contributed by atoms with Gasteiger partial charge in [-0.3, -0.25) is 4.79 Å². The normalized spacial score (nSPS) is 9.91. The summed E-state index contributed by atoms with van der Waals surface area (Å²) in [5.74, 6) is 0.766. The Labute approximate surface area is 75.0 Å². The van der Waals surface area contributed by atoms with Gasteiger partial charge in [0.05, 0.1) is 0 Å². The molecule has 1 aromatic heterocycles. The number of hydrogen-bond acceptors (Lipinski definition) is 2. The van der Waals surface area contributed by atoms with Crippen LogP contribution in [0, 0.1) is 0 Å². The third-order valence-electron chi connectivity index (χ3n) is 1.38. The van der Waals surface area contributed by atoms with E-state index in [1.54, 1.807) is 11.3 Å². The lowest BCUT2D eigenvalue weighted by atomic mass is 10.1. The zero-order valence-corrected chi connectivity index (χ0v) is 7.62. The molecule has 0 aliphatic heterocycles. The van der Waals surface area contributed by atoms with Crippen LogP contribution in [-0.2, 0) is 0 Å². The monoisotopic (exact) mass is 188 g/mol. The second-order valence-electron chi connectivity index (χ2n) is 2.23. The van der Waals surface area contributed by atoms with Crippen molar-refractivity contribution < 1.29 is 4.79 Å². The minimum Gasteiger partial charge on any atom is -0.294 e. The summed E-state index contributed by atoms with van der Waals surface area (Å²) in [6.45, 7) is 0. The topological polar surface area (TPSA) is 17.1 Å². The van der Waals surface area contributed by atoms with Crippen LogP contribution in [0.3, 0.4) is 0 Å². The number of hydrogen-bond donors (Lipinski definition) is 0. The van der Waals surface area contributed by atoms with Crippen LogP contribution >= 0.6 is 22.9 Å². The molecule has 0 radical (unpaired) electrons. The fourth-order valence-corrected chi connectivity index (χ4v) is 1.59. The van der Waals surface area contributed by atoms with Gasteiger partial charge >= 0.3 is 0 Å². The Kier molecular flexibility index (Phi) is 3.60. The first-order chi connectivity index (χ1) is 5.34. The van der Waals surface area contributed by atoms with Crippen molar-refractivity contribution in [3.05, 3.63) is 22.4 Å². The summed E-state index contributed by atoms with van der Waals surface area (Å²) in [5.41, 5.74) is 0.820. The first kappa shape index (κ1) is 8.75. The highest BCUT2D eigenvalue weighted by molar-refractivity contribution is 7.08. The number of rotatable bonds is 4. The van der Waals surface area contributed by atoms with E-state index in [9.17, 15) is 4.79 Å². The van der Waals surface area contributed by atoms with Crippen LogP contribution in [0.25, 0.3) is 0 Å². The molecule has 3 heteroatoms. The molecule has 0 N–H and O–H groups in total. The second kappa shape index (κ2) is 4.52. The fourth-order valence-electron chi connectivity index (χ4n) is 0.795. The third-order valence-corrected chi connectivity index (χ3v) is 2.33. The van der Waals surface area contributed by atoms with Crippen LogP contribution < -0.4 is 0 Å². The molecule has 0 fully saturated rings. The van der Waals surface area contributed by atoms with Crippen molar-refractivity contribution in [2.45, 2.75) is 12.8 Å². The average molecular weight is 189 g/mol. The lowest BCUT2D eigenvalue weighted by Crippen LogP contribution is -1.96. The molecule has 0 saturated heterocycles. The molecule has 1 rings (SSSR count). The van der Waals surface area contributed by atoms with Gasteiger partial charge in [-0.25, -0.2) is 0 Å². The first-order valence-electron chi connectivity index (χ1n) is 3.46. The maximum Gasteiger partial charge on any atom is 0.163 e. The molecule has 0 spiro atoms. The Hall–Kier alpha value is -0.340. The summed E-state index contributed by atoms with van der Waals surface area (Å²) in [7, 11) is 0. The molecule has 0 bridgehead atoms. The number of alkyl halides is 1. The summed E-state index contributed by atoms with van der Waals surface area (Å²) in [4.78, 5) is 11.2. The van der Waals surface area contributed by atoms with Crippen LogP contribution in [0.1, 0.15) is 23.2 Å². The lowest BCUT2D eigenvalue weighted by Gasteiger charge is -1.93. The van der Waals surface area contributed by atoms with Crippen LogP contribution in [0.5, 0.6) is 0 Å². The van der Waals surface area contributed by atoms with Crippen molar-refractivity contribution in [2.75, 3.05) is 5.88 Å². The summed E-state index contributed by atoms with van der Waals surface area (Å²) in [6, 6.07) is 1.85. The molecule has 1 nitrogen and oxygen atoms in total. The first-order valence-corrected chi connectivity index (χ1v) is 4.93. The summed E-state index contributed by atoms with van der Waals surface area (Å²) < 4.78 is 0. The van der Waals surface area contributed by atoms with Crippen LogP contribution in [0.4, 0.5) is 0 Å². The number of ketones is 1. The molecule has 0 aliphatic rings. The number of halogens is 1. The van der Waals surface area contributed by atoms with E-state index in [0.717, 1.165) is 12.0 Å². The maximum atomic E-state index is 11.2. The number of thiophene rings is 1. The van der Waals surface area contributed by atoms with Gasteiger partial charge in [-0.1, -0.05) is 0 Å². The Morgan fingerprint density at radius 1 is 1.64 bits per heavy atom. The highest BCUT2D eigenvalue weighted by atomic mass is 35.5. The molecule has 11 heavy (non-hydrogen) atoms. The van der Waals surface area contributed by atoms with Crippen LogP contribution in [-0.4, -0.2) is 11.7 Å². The molecular weight excluding hydrogens is 180 g/mol. The fraction of sp³-hybridized carbons (Fsp3) is 0.375. The Balaban J connectivity index is 2.43. The van der Waals surface area contributed by atoms with Crippen LogP contribution in [0.2, 0.25) is 0 Å². The predicted octanol–water partition coefficient (Wildman–Crippen LogP) is 2.95. The van der Waals surface area contributed by atoms with Gasteiger partial charge in [0.15, 0.2) is 5.78 Å². The smallest absolute Gasteiger partial charge is 0.163 e. The summed E-state index contributed by atoms with van der Waals surface area (Å²) >= 11 is 7.00. The van der Waals surface area contributed by atoms with Gasteiger partial charge < -0.3 is 0 Å². The van der Waals surface area contributed by atoms with Crippen molar-refractivity contribution in [2.24, 2.45) is 0 Å².